The summed E-state index contributed by atoms with van der Waals surface area (Å²) in [4.78, 5) is 14.4. The van der Waals surface area contributed by atoms with Crippen LogP contribution in [0.1, 0.15) is 42.5 Å². The third kappa shape index (κ3) is 10.1. The largest absolute Gasteiger partial charge is 0.400 e. The molecule has 324 valence electrons. The lowest BCUT2D eigenvalue weighted by Gasteiger charge is -2.33. The molecular formula is C42H34Cl4F7N9. The van der Waals surface area contributed by atoms with Crippen LogP contribution in [-0.2, 0) is 10.8 Å². The number of hydrogen-bond acceptors (Lipinski definition) is 8. The summed E-state index contributed by atoms with van der Waals surface area (Å²) in [5.41, 5.74) is -2.77. The van der Waals surface area contributed by atoms with E-state index < -0.39 is 29.0 Å². The monoisotopic (exact) mass is 937 g/mol. The van der Waals surface area contributed by atoms with Gasteiger partial charge in [-0.2, -0.15) is 42.0 Å². The van der Waals surface area contributed by atoms with Crippen LogP contribution in [0, 0.1) is 28.5 Å². The van der Waals surface area contributed by atoms with Gasteiger partial charge in [-0.3, -0.25) is 4.99 Å². The van der Waals surface area contributed by atoms with Gasteiger partial charge in [-0.15, -0.1) is 0 Å². The molecule has 5 aromatic rings. The number of benzene rings is 4. The number of alkyl halides is 6. The maximum Gasteiger partial charge on any atom is 0.400 e. The first kappa shape index (κ1) is 47.7. The number of anilines is 2. The molecule has 4 heterocycles. The molecule has 2 unspecified atom stereocenters. The lowest BCUT2D eigenvalue weighted by atomic mass is 9.79. The van der Waals surface area contributed by atoms with Gasteiger partial charge in [0.05, 0.1) is 23.4 Å². The average Bonchev–Trinajstić information content (AvgIpc) is 4.05. The van der Waals surface area contributed by atoms with Crippen LogP contribution < -0.4 is 9.80 Å². The number of aromatic nitrogens is 3. The van der Waals surface area contributed by atoms with Gasteiger partial charge in [0.1, 0.15) is 47.8 Å². The van der Waals surface area contributed by atoms with Crippen LogP contribution in [0.3, 0.4) is 0 Å². The van der Waals surface area contributed by atoms with Crippen molar-refractivity contribution in [1.82, 2.24) is 14.8 Å². The second-order valence-electron chi connectivity index (χ2n) is 14.1. The van der Waals surface area contributed by atoms with Crippen molar-refractivity contribution in [3.8, 4) is 17.8 Å². The fourth-order valence-corrected chi connectivity index (χ4v) is 8.41. The number of halogens is 11. The Hall–Kier alpha value is -5.39. The van der Waals surface area contributed by atoms with E-state index in [-0.39, 0.29) is 88.8 Å². The van der Waals surface area contributed by atoms with Crippen LogP contribution in [0.25, 0.3) is 5.69 Å². The fraction of sp³-hybridized carbons (Fsp3) is 0.286. The molecule has 1 aromatic heterocycles. The van der Waals surface area contributed by atoms with E-state index in [0.717, 1.165) is 12.6 Å². The van der Waals surface area contributed by atoms with Gasteiger partial charge < -0.3 is 9.80 Å². The Kier molecular flexibility index (Phi) is 14.9. The predicted octanol–water partition coefficient (Wildman–Crippen LogP) is 11.6. The highest BCUT2D eigenvalue weighted by Crippen LogP contribution is 2.51. The van der Waals surface area contributed by atoms with Crippen molar-refractivity contribution < 1.29 is 30.7 Å². The maximum atomic E-state index is 14.3. The number of rotatable bonds is 5. The van der Waals surface area contributed by atoms with Crippen LogP contribution in [0.4, 0.5) is 42.1 Å². The molecule has 0 spiro atoms. The number of nitriles is 2. The quantitative estimate of drug-likeness (QED) is 0.162. The number of aliphatic imine (C=N–C) groups is 2. The van der Waals surface area contributed by atoms with E-state index in [0.29, 0.717) is 17.1 Å². The van der Waals surface area contributed by atoms with Gasteiger partial charge in [-0.1, -0.05) is 53.8 Å². The van der Waals surface area contributed by atoms with E-state index in [1.807, 2.05) is 0 Å². The zero-order valence-corrected chi connectivity index (χ0v) is 34.4. The molecule has 0 aliphatic carbocycles. The zero-order chi connectivity index (χ0) is 44.2. The normalized spacial score (nSPS) is 19.2. The van der Waals surface area contributed by atoms with Crippen LogP contribution >= 0.6 is 46.4 Å². The van der Waals surface area contributed by atoms with Gasteiger partial charge in [-0.05, 0) is 96.8 Å². The van der Waals surface area contributed by atoms with Gasteiger partial charge in [0.25, 0.3) is 0 Å². The minimum absolute atomic E-state index is 0. The van der Waals surface area contributed by atoms with Crippen molar-refractivity contribution in [2.75, 3.05) is 42.5 Å². The molecule has 20 heteroatoms. The second kappa shape index (κ2) is 19.3. The van der Waals surface area contributed by atoms with Crippen molar-refractivity contribution in [3.63, 3.8) is 0 Å². The zero-order valence-electron chi connectivity index (χ0n) is 31.4. The van der Waals surface area contributed by atoms with Crippen LogP contribution in [0.15, 0.2) is 95.4 Å². The lowest BCUT2D eigenvalue weighted by molar-refractivity contribution is -0.185. The Morgan fingerprint density at radius 3 is 1.53 bits per heavy atom. The Morgan fingerprint density at radius 1 is 0.661 bits per heavy atom. The number of hydrogen-bond donors (Lipinski definition) is 0. The van der Waals surface area contributed by atoms with Crippen molar-refractivity contribution >= 4 is 70.3 Å². The molecule has 0 N–H and O–H groups in total. The molecule has 4 aromatic carbocycles. The van der Waals surface area contributed by atoms with Crippen molar-refractivity contribution in [3.05, 3.63) is 134 Å². The topological polar surface area (TPSA) is 109 Å². The summed E-state index contributed by atoms with van der Waals surface area (Å²) in [5, 5.41) is 23.0. The molecule has 3 aliphatic rings. The first-order chi connectivity index (χ1) is 28.9. The van der Waals surface area contributed by atoms with Crippen molar-refractivity contribution in [2.24, 2.45) is 9.98 Å². The Balaban J connectivity index is 0.000000209. The maximum absolute atomic E-state index is 14.3. The van der Waals surface area contributed by atoms with E-state index in [2.05, 4.69) is 26.1 Å². The summed E-state index contributed by atoms with van der Waals surface area (Å²) in [6.45, 7) is 0.363. The average molecular weight is 940 g/mol. The molecule has 62 heavy (non-hydrogen) atoms. The first-order valence-electron chi connectivity index (χ1n) is 18.0. The first-order valence-corrected chi connectivity index (χ1v) is 19.6. The van der Waals surface area contributed by atoms with E-state index >= 15 is 0 Å². The Bertz CT molecular complexity index is 2490. The van der Waals surface area contributed by atoms with Crippen LogP contribution in [-0.4, -0.2) is 72.4 Å². The molecule has 8 rings (SSSR count). The third-order valence-corrected chi connectivity index (χ3v) is 11.3. The van der Waals surface area contributed by atoms with E-state index in [9.17, 15) is 36.0 Å². The minimum atomic E-state index is -4.53. The summed E-state index contributed by atoms with van der Waals surface area (Å²) in [7, 11) is 0. The fourth-order valence-electron chi connectivity index (χ4n) is 7.36. The summed E-state index contributed by atoms with van der Waals surface area (Å²) in [6, 6.07) is 20.3. The summed E-state index contributed by atoms with van der Waals surface area (Å²) >= 11 is 23.8. The van der Waals surface area contributed by atoms with E-state index in [1.165, 1.54) is 70.8 Å². The minimum Gasteiger partial charge on any atom is -0.370 e. The van der Waals surface area contributed by atoms with Gasteiger partial charge in [0.15, 0.2) is 0 Å². The SMILES string of the molecule is C.C1=NC=NC1.N#Cc1cc(N2CCC(c3cc(Cl)cc(Cl)c3)(C(F)(F)F)C2)ccc1-n1cncn1.N#Cc1cc(N2CCC(c3cc(Cl)cc(Cl)c3)(C(F)(F)F)C2)ccc1F. The van der Waals surface area contributed by atoms with Gasteiger partial charge >= 0.3 is 12.4 Å². The molecule has 2 atom stereocenters. The molecule has 9 nitrogen and oxygen atoms in total. The molecule has 0 radical (unpaired) electrons. The summed E-state index contributed by atoms with van der Waals surface area (Å²) in [6.07, 6.45) is -3.29. The summed E-state index contributed by atoms with van der Waals surface area (Å²) in [5.74, 6) is -0.709. The Labute approximate surface area is 372 Å². The molecule has 3 aliphatic heterocycles. The summed E-state index contributed by atoms with van der Waals surface area (Å²) < 4.78 is 99.8. The predicted molar refractivity (Wildman–Crippen MR) is 228 cm³/mol. The van der Waals surface area contributed by atoms with Crippen molar-refractivity contribution in [2.45, 2.75) is 43.5 Å². The Morgan fingerprint density at radius 2 is 1.15 bits per heavy atom. The molecule has 2 fully saturated rings. The highest BCUT2D eigenvalue weighted by atomic mass is 35.5. The second-order valence-corrected chi connectivity index (χ2v) is 15.8. The lowest BCUT2D eigenvalue weighted by Crippen LogP contribution is -2.44. The van der Waals surface area contributed by atoms with Crippen LogP contribution in [0.5, 0.6) is 0 Å². The number of nitrogens with zero attached hydrogens (tertiary/aromatic N) is 9. The van der Waals surface area contributed by atoms with Gasteiger partial charge in [-0.25, -0.2) is 19.0 Å². The molecule has 0 saturated carbocycles. The van der Waals surface area contributed by atoms with E-state index in [4.69, 9.17) is 51.7 Å². The molecular weight excluding hydrogens is 905 g/mol. The van der Waals surface area contributed by atoms with Crippen LogP contribution in [0.2, 0.25) is 20.1 Å². The van der Waals surface area contributed by atoms with E-state index in [1.54, 1.807) is 41.7 Å². The van der Waals surface area contributed by atoms with Gasteiger partial charge in [0.2, 0.25) is 0 Å². The molecule has 0 bridgehead atoms. The highest BCUT2D eigenvalue weighted by Gasteiger charge is 2.60. The molecule has 2 saturated heterocycles. The van der Waals surface area contributed by atoms with Gasteiger partial charge in [0, 0.05) is 63.9 Å². The van der Waals surface area contributed by atoms with Crippen molar-refractivity contribution in [1.29, 1.82) is 10.5 Å². The molecule has 0 amide bonds. The smallest absolute Gasteiger partial charge is 0.370 e. The highest BCUT2D eigenvalue weighted by molar-refractivity contribution is 6.35. The standard InChI is InChI=1S/C20H14Cl2F3N5.C18H12Cl2F4N2.C3H4N2.CH4/c21-15-6-14(7-16(22)8-15)19(20(23,24)25)3-4-29(10-19)17-1-2-18(13(5-17)9-26)30-12-27-11-28-30;19-13-6-12(7-14(20)8-13)17(18(22,23)24)3-4-26(10-17)15-1-2-16(21)11(5-15)9-25;1-2-5-3-4-1;/h1-2,5-8,11-12H,3-4,10H2;1-2,5-8H,3-4,10H2;1,3H,2H2;1H4. The third-order valence-electron chi connectivity index (χ3n) is 10.5.